The van der Waals surface area contributed by atoms with E-state index in [0.29, 0.717) is 6.42 Å². The zero-order chi connectivity index (χ0) is 22.6. The molecule has 0 N–H and O–H groups in total. The minimum absolute atomic E-state index is 0.0495. The summed E-state index contributed by atoms with van der Waals surface area (Å²) in [7, 11) is 0. The molecule has 1 aliphatic heterocycles. The van der Waals surface area contributed by atoms with Crippen molar-refractivity contribution in [3.05, 3.63) is 59.4 Å². The highest BCUT2D eigenvalue weighted by molar-refractivity contribution is 5.69. The maximum Gasteiger partial charge on any atom is 0.214 e. The minimum Gasteiger partial charge on any atom is -0.491 e. The Morgan fingerprint density at radius 3 is 2.23 bits per heavy atom. The molecule has 1 aliphatic rings. The first-order valence-electron chi connectivity index (χ1n) is 9.98. The standard InChI is InChI=1S/C23H23F5O3/c1-3-11-23(28)12-30-22(31-13-23)21(27)18(24)15-7-5-14(6-8-15)16-9-10-17(29-4-2)20(26)19(16)25/h5-10,22H,3-4,11-13H2,1-2H3. The van der Waals surface area contributed by atoms with Crippen LogP contribution in [0.2, 0.25) is 0 Å². The van der Waals surface area contributed by atoms with Gasteiger partial charge in [0.25, 0.3) is 0 Å². The molecule has 0 atom stereocenters. The van der Waals surface area contributed by atoms with Crippen LogP contribution in [0.3, 0.4) is 0 Å². The molecule has 1 heterocycles. The minimum atomic E-state index is -1.72. The van der Waals surface area contributed by atoms with Crippen LogP contribution in [0, 0.1) is 11.6 Å². The third kappa shape index (κ3) is 5.07. The molecule has 168 valence electrons. The van der Waals surface area contributed by atoms with E-state index in [9.17, 15) is 22.0 Å². The Bertz CT molecular complexity index is 935. The summed E-state index contributed by atoms with van der Waals surface area (Å²) in [6.45, 7) is 2.83. The van der Waals surface area contributed by atoms with E-state index in [1.54, 1.807) is 13.8 Å². The lowest BCUT2D eigenvalue weighted by Gasteiger charge is -2.33. The number of ether oxygens (including phenoxy) is 3. The number of halogens is 5. The molecule has 8 heteroatoms. The van der Waals surface area contributed by atoms with Gasteiger partial charge in [-0.05, 0) is 31.0 Å². The highest BCUT2D eigenvalue weighted by Gasteiger charge is 2.38. The lowest BCUT2D eigenvalue weighted by molar-refractivity contribution is -0.223. The van der Waals surface area contributed by atoms with Crippen molar-refractivity contribution in [3.63, 3.8) is 0 Å². The fourth-order valence-electron chi connectivity index (χ4n) is 3.34. The van der Waals surface area contributed by atoms with Gasteiger partial charge < -0.3 is 14.2 Å². The van der Waals surface area contributed by atoms with Gasteiger partial charge in [-0.15, -0.1) is 0 Å². The molecule has 3 rings (SSSR count). The lowest BCUT2D eigenvalue weighted by Crippen LogP contribution is -2.44. The second-order valence-electron chi connectivity index (χ2n) is 7.27. The van der Waals surface area contributed by atoms with Crippen LogP contribution in [0.15, 0.2) is 42.2 Å². The largest absolute Gasteiger partial charge is 0.491 e. The number of alkyl halides is 1. The molecule has 3 nitrogen and oxygen atoms in total. The van der Waals surface area contributed by atoms with Gasteiger partial charge in [0.05, 0.1) is 19.8 Å². The van der Waals surface area contributed by atoms with E-state index >= 15 is 0 Å². The molecule has 1 fully saturated rings. The third-order valence-electron chi connectivity index (χ3n) is 4.90. The molecule has 1 saturated heterocycles. The van der Waals surface area contributed by atoms with Crippen molar-refractivity contribution in [2.45, 2.75) is 38.6 Å². The average Bonchev–Trinajstić information content (AvgIpc) is 2.77. The molecule has 31 heavy (non-hydrogen) atoms. The van der Waals surface area contributed by atoms with E-state index in [0.717, 1.165) is 0 Å². The van der Waals surface area contributed by atoms with Gasteiger partial charge in [-0.3, -0.25) is 0 Å². The fraction of sp³-hybridized carbons (Fsp3) is 0.391. The second kappa shape index (κ2) is 9.78. The Labute approximate surface area is 177 Å². The number of hydrogen-bond donors (Lipinski definition) is 0. The smallest absolute Gasteiger partial charge is 0.214 e. The monoisotopic (exact) mass is 442 g/mol. The number of benzene rings is 2. The summed E-state index contributed by atoms with van der Waals surface area (Å²) >= 11 is 0. The Morgan fingerprint density at radius 1 is 1.00 bits per heavy atom. The highest BCUT2D eigenvalue weighted by Crippen LogP contribution is 2.34. The van der Waals surface area contributed by atoms with Crippen LogP contribution >= 0.6 is 0 Å². The molecular weight excluding hydrogens is 419 g/mol. The van der Waals surface area contributed by atoms with Crippen molar-refractivity contribution in [3.8, 4) is 16.9 Å². The van der Waals surface area contributed by atoms with Crippen molar-refractivity contribution in [1.82, 2.24) is 0 Å². The van der Waals surface area contributed by atoms with E-state index < -0.39 is 48.5 Å². The summed E-state index contributed by atoms with van der Waals surface area (Å²) in [6, 6.07) is 7.74. The van der Waals surface area contributed by atoms with Crippen LogP contribution < -0.4 is 4.74 Å². The van der Waals surface area contributed by atoms with Gasteiger partial charge in [0, 0.05) is 11.1 Å². The molecule has 0 spiro atoms. The van der Waals surface area contributed by atoms with Crippen LogP contribution in [-0.2, 0) is 9.47 Å². The number of rotatable bonds is 7. The second-order valence-corrected chi connectivity index (χ2v) is 7.27. The number of hydrogen-bond acceptors (Lipinski definition) is 3. The zero-order valence-electron chi connectivity index (χ0n) is 17.2. The maximum atomic E-state index is 14.6. The third-order valence-corrected chi connectivity index (χ3v) is 4.90. The summed E-state index contributed by atoms with van der Waals surface area (Å²) in [6.07, 6.45) is -0.887. The summed E-state index contributed by atoms with van der Waals surface area (Å²) in [5.74, 6) is -4.99. The fourth-order valence-corrected chi connectivity index (χ4v) is 3.34. The predicted octanol–water partition coefficient (Wildman–Crippen LogP) is 6.52. The first-order valence-corrected chi connectivity index (χ1v) is 9.98. The Kier molecular flexibility index (Phi) is 7.33. The van der Waals surface area contributed by atoms with E-state index in [-0.39, 0.29) is 35.5 Å². The van der Waals surface area contributed by atoms with Crippen LogP contribution in [-0.4, -0.2) is 31.8 Å². The van der Waals surface area contributed by atoms with E-state index in [2.05, 4.69) is 0 Å². The molecule has 0 radical (unpaired) electrons. The van der Waals surface area contributed by atoms with Crippen LogP contribution in [0.4, 0.5) is 22.0 Å². The quantitative estimate of drug-likeness (QED) is 0.457. The zero-order valence-corrected chi connectivity index (χ0v) is 17.2. The molecule has 0 aromatic heterocycles. The molecule has 0 saturated carbocycles. The van der Waals surface area contributed by atoms with Crippen LogP contribution in [0.25, 0.3) is 17.0 Å². The molecule has 0 amide bonds. The summed E-state index contributed by atoms with van der Waals surface area (Å²) < 4.78 is 86.9. The summed E-state index contributed by atoms with van der Waals surface area (Å²) in [5.41, 5.74) is -1.65. The molecule has 2 aromatic rings. The van der Waals surface area contributed by atoms with Crippen molar-refractivity contribution in [2.24, 2.45) is 0 Å². The molecule has 0 aliphatic carbocycles. The van der Waals surface area contributed by atoms with Gasteiger partial charge >= 0.3 is 0 Å². The Hall–Kier alpha value is -2.45. The van der Waals surface area contributed by atoms with E-state index in [1.165, 1.54) is 36.4 Å². The molecule has 2 aromatic carbocycles. The average molecular weight is 442 g/mol. The topological polar surface area (TPSA) is 27.7 Å². The Morgan fingerprint density at radius 2 is 1.65 bits per heavy atom. The van der Waals surface area contributed by atoms with Gasteiger partial charge in [0.1, 0.15) is 0 Å². The maximum absolute atomic E-state index is 14.6. The van der Waals surface area contributed by atoms with Gasteiger partial charge in [0.15, 0.2) is 28.9 Å². The van der Waals surface area contributed by atoms with E-state index in [1.807, 2.05) is 0 Å². The van der Waals surface area contributed by atoms with Crippen molar-refractivity contribution in [2.75, 3.05) is 19.8 Å². The predicted molar refractivity (Wildman–Crippen MR) is 107 cm³/mol. The van der Waals surface area contributed by atoms with Crippen molar-refractivity contribution >= 4 is 5.83 Å². The molecule has 0 bridgehead atoms. The van der Waals surface area contributed by atoms with Crippen LogP contribution in [0.5, 0.6) is 5.75 Å². The van der Waals surface area contributed by atoms with Gasteiger partial charge in [-0.2, -0.15) is 4.39 Å². The van der Waals surface area contributed by atoms with Crippen molar-refractivity contribution in [1.29, 1.82) is 0 Å². The summed E-state index contributed by atoms with van der Waals surface area (Å²) in [4.78, 5) is 0. The first kappa shape index (κ1) is 23.2. The van der Waals surface area contributed by atoms with E-state index in [4.69, 9.17) is 14.2 Å². The van der Waals surface area contributed by atoms with Crippen molar-refractivity contribution < 1.29 is 36.2 Å². The van der Waals surface area contributed by atoms with Gasteiger partial charge in [-0.1, -0.05) is 37.6 Å². The molecule has 0 unspecified atom stereocenters. The van der Waals surface area contributed by atoms with Crippen LogP contribution in [0.1, 0.15) is 32.3 Å². The lowest BCUT2D eigenvalue weighted by atomic mass is 10.0. The molecular formula is C23H23F5O3. The summed E-state index contributed by atoms with van der Waals surface area (Å²) in [5, 5.41) is 0. The SMILES string of the molecule is CCCC1(F)COC(C(F)=C(F)c2ccc(-c3ccc(OCC)c(F)c3F)cc2)OC1. The first-order chi connectivity index (χ1) is 14.8. The van der Waals surface area contributed by atoms with Gasteiger partial charge in [0.2, 0.25) is 12.1 Å². The highest BCUT2D eigenvalue weighted by atomic mass is 19.2. The van der Waals surface area contributed by atoms with Gasteiger partial charge in [-0.25, -0.2) is 17.6 Å². The Balaban J connectivity index is 1.77. The normalized spacial score (nSPS) is 22.2.